The van der Waals surface area contributed by atoms with Gasteiger partial charge < -0.3 is 9.64 Å². The Labute approximate surface area is 132 Å². The van der Waals surface area contributed by atoms with Crippen LogP contribution in [0.3, 0.4) is 0 Å². The van der Waals surface area contributed by atoms with E-state index in [0.717, 1.165) is 12.1 Å². The molecule has 2 N–H and O–H groups in total. The van der Waals surface area contributed by atoms with Gasteiger partial charge in [-0.1, -0.05) is 23.2 Å². The maximum Gasteiger partial charge on any atom is 0.255 e. The van der Waals surface area contributed by atoms with Crippen molar-refractivity contribution >= 4 is 39.1 Å². The second kappa shape index (κ2) is 6.10. The molecule has 1 saturated heterocycles. The van der Waals surface area contributed by atoms with Crippen molar-refractivity contribution in [1.82, 2.24) is 4.90 Å². The largest absolute Gasteiger partial charge is 0.380 e. The Balaban J connectivity index is 2.39. The Morgan fingerprint density at radius 3 is 2.62 bits per heavy atom. The zero-order valence-electron chi connectivity index (χ0n) is 11.2. The molecule has 1 aromatic rings. The summed E-state index contributed by atoms with van der Waals surface area (Å²) in [6.45, 7) is 0.924. The van der Waals surface area contributed by atoms with E-state index in [0.29, 0.717) is 19.5 Å². The fraction of sp³-hybridized carbons (Fsp3) is 0.417. The average molecular weight is 353 g/mol. The molecule has 1 aliphatic heterocycles. The van der Waals surface area contributed by atoms with Gasteiger partial charge in [0.2, 0.25) is 10.0 Å². The van der Waals surface area contributed by atoms with Crippen LogP contribution in [0.1, 0.15) is 16.8 Å². The van der Waals surface area contributed by atoms with E-state index in [9.17, 15) is 13.2 Å². The summed E-state index contributed by atoms with van der Waals surface area (Å²) in [7, 11) is -2.40. The number of carbonyl (C=O) groups is 1. The maximum absolute atomic E-state index is 12.5. The number of likely N-dealkylation sites (tertiary alicyclic amines) is 1. The van der Waals surface area contributed by atoms with Crippen molar-refractivity contribution in [3.63, 3.8) is 0 Å². The quantitative estimate of drug-likeness (QED) is 0.892. The first kappa shape index (κ1) is 16.5. The molecule has 1 atom stereocenters. The van der Waals surface area contributed by atoms with E-state index >= 15 is 0 Å². The molecule has 1 heterocycles. The molecule has 0 spiro atoms. The van der Waals surface area contributed by atoms with Gasteiger partial charge in [-0.25, -0.2) is 13.6 Å². The van der Waals surface area contributed by atoms with Gasteiger partial charge in [0, 0.05) is 20.2 Å². The van der Waals surface area contributed by atoms with Crippen molar-refractivity contribution in [3.8, 4) is 0 Å². The minimum Gasteiger partial charge on any atom is -0.380 e. The molecule has 0 saturated carbocycles. The number of halogens is 2. The van der Waals surface area contributed by atoms with E-state index in [1.165, 1.54) is 0 Å². The smallest absolute Gasteiger partial charge is 0.255 e. The number of primary sulfonamides is 1. The molecule has 1 aliphatic rings. The van der Waals surface area contributed by atoms with Crippen molar-refractivity contribution in [2.45, 2.75) is 17.4 Å². The number of methoxy groups -OCH3 is 1. The first-order chi connectivity index (χ1) is 9.74. The third-order valence-electron chi connectivity index (χ3n) is 3.33. The standard InChI is InChI=1S/C12H14Cl2N2O4S/c1-20-7-2-3-16(6-7)12(17)9-4-8(21(15,18)19)5-10(13)11(9)14/h4-5,7H,2-3,6H2,1H3,(H2,15,18,19). The molecule has 9 heteroatoms. The van der Waals surface area contributed by atoms with E-state index in [-0.39, 0.29) is 26.6 Å². The molecule has 1 unspecified atom stereocenters. The Kier molecular flexibility index (Phi) is 4.79. The topological polar surface area (TPSA) is 89.7 Å². The molecule has 6 nitrogen and oxygen atoms in total. The molecule has 0 aromatic heterocycles. The lowest BCUT2D eigenvalue weighted by Crippen LogP contribution is -2.30. The first-order valence-electron chi connectivity index (χ1n) is 6.08. The number of sulfonamides is 1. The summed E-state index contributed by atoms with van der Waals surface area (Å²) in [5.41, 5.74) is 0.0185. The molecule has 21 heavy (non-hydrogen) atoms. The molecule has 0 aliphatic carbocycles. The Morgan fingerprint density at radius 2 is 2.10 bits per heavy atom. The number of hydrogen-bond acceptors (Lipinski definition) is 4. The van der Waals surface area contributed by atoms with Crippen LogP contribution in [-0.2, 0) is 14.8 Å². The third-order valence-corrected chi connectivity index (χ3v) is 5.02. The fourth-order valence-corrected chi connectivity index (χ4v) is 3.20. The molecule has 1 fully saturated rings. The third kappa shape index (κ3) is 3.49. The van der Waals surface area contributed by atoms with Gasteiger partial charge in [-0.2, -0.15) is 0 Å². The van der Waals surface area contributed by atoms with Crippen LogP contribution in [0.2, 0.25) is 10.0 Å². The van der Waals surface area contributed by atoms with E-state index in [4.69, 9.17) is 33.1 Å². The van der Waals surface area contributed by atoms with Crippen molar-refractivity contribution in [3.05, 3.63) is 27.7 Å². The van der Waals surface area contributed by atoms with Crippen LogP contribution in [0.5, 0.6) is 0 Å². The number of rotatable bonds is 3. The summed E-state index contributed by atoms with van der Waals surface area (Å²) in [6, 6.07) is 2.27. The van der Waals surface area contributed by atoms with Crippen molar-refractivity contribution in [1.29, 1.82) is 0 Å². The lowest BCUT2D eigenvalue weighted by molar-refractivity contribution is 0.0724. The minimum atomic E-state index is -3.98. The molecule has 1 aromatic carbocycles. The fourth-order valence-electron chi connectivity index (χ4n) is 2.16. The number of hydrogen-bond donors (Lipinski definition) is 1. The Hall–Kier alpha value is -0.860. The van der Waals surface area contributed by atoms with Gasteiger partial charge in [0.1, 0.15) is 0 Å². The van der Waals surface area contributed by atoms with Gasteiger partial charge in [-0.15, -0.1) is 0 Å². The Bertz CT molecular complexity index is 678. The lowest BCUT2D eigenvalue weighted by Gasteiger charge is -2.18. The van der Waals surface area contributed by atoms with Gasteiger partial charge in [0.05, 0.1) is 26.6 Å². The number of amides is 1. The van der Waals surface area contributed by atoms with Crippen LogP contribution in [-0.4, -0.2) is 45.5 Å². The minimum absolute atomic E-state index is 0.00920. The lowest BCUT2D eigenvalue weighted by atomic mass is 10.2. The predicted molar refractivity (Wildman–Crippen MR) is 79.2 cm³/mol. The summed E-state index contributed by atoms with van der Waals surface area (Å²) in [5.74, 6) is -0.396. The monoisotopic (exact) mass is 352 g/mol. The number of nitrogens with zero attached hydrogens (tertiary/aromatic N) is 1. The van der Waals surface area contributed by atoms with Crippen LogP contribution in [0.4, 0.5) is 0 Å². The molecule has 2 rings (SSSR count). The van der Waals surface area contributed by atoms with Gasteiger partial charge >= 0.3 is 0 Å². The van der Waals surface area contributed by atoms with E-state index < -0.39 is 15.9 Å². The number of carbonyl (C=O) groups excluding carboxylic acids is 1. The highest BCUT2D eigenvalue weighted by Gasteiger charge is 2.29. The first-order valence-corrected chi connectivity index (χ1v) is 8.38. The SMILES string of the molecule is COC1CCN(C(=O)c2cc(S(N)(=O)=O)cc(Cl)c2Cl)C1. The Morgan fingerprint density at radius 1 is 1.43 bits per heavy atom. The zero-order chi connectivity index (χ0) is 15.8. The van der Waals surface area contributed by atoms with Crippen molar-refractivity contribution < 1.29 is 17.9 Å². The van der Waals surface area contributed by atoms with Gasteiger partial charge in [0.15, 0.2) is 0 Å². The molecular formula is C12H14Cl2N2O4S. The maximum atomic E-state index is 12.5. The number of benzene rings is 1. The average Bonchev–Trinajstić information content (AvgIpc) is 2.88. The van der Waals surface area contributed by atoms with Crippen LogP contribution in [0.15, 0.2) is 17.0 Å². The second-order valence-corrected chi connectivity index (χ2v) is 7.06. The molecule has 0 bridgehead atoms. The highest BCUT2D eigenvalue weighted by molar-refractivity contribution is 7.89. The predicted octanol–water partition coefficient (Wildman–Crippen LogP) is 1.50. The van der Waals surface area contributed by atoms with Crippen LogP contribution >= 0.6 is 23.2 Å². The summed E-state index contributed by atoms with van der Waals surface area (Å²) in [5, 5.41) is 5.04. The van der Waals surface area contributed by atoms with Gasteiger partial charge in [0.25, 0.3) is 5.91 Å². The normalized spacial score (nSPS) is 19.0. The number of nitrogens with two attached hydrogens (primary N) is 1. The summed E-state index contributed by atoms with van der Waals surface area (Å²) < 4.78 is 28.0. The summed E-state index contributed by atoms with van der Waals surface area (Å²) in [4.78, 5) is 13.7. The van der Waals surface area contributed by atoms with Gasteiger partial charge in [-0.3, -0.25) is 4.79 Å². The van der Waals surface area contributed by atoms with Crippen LogP contribution in [0.25, 0.3) is 0 Å². The summed E-state index contributed by atoms with van der Waals surface area (Å²) in [6.07, 6.45) is 0.673. The second-order valence-electron chi connectivity index (χ2n) is 4.71. The molecule has 0 radical (unpaired) electrons. The van der Waals surface area contributed by atoms with E-state index in [1.54, 1.807) is 12.0 Å². The summed E-state index contributed by atoms with van der Waals surface area (Å²) >= 11 is 11.9. The molecular weight excluding hydrogens is 339 g/mol. The van der Waals surface area contributed by atoms with E-state index in [2.05, 4.69) is 0 Å². The van der Waals surface area contributed by atoms with Gasteiger partial charge in [-0.05, 0) is 18.6 Å². The van der Waals surface area contributed by atoms with Crippen LogP contribution in [0, 0.1) is 0 Å². The highest BCUT2D eigenvalue weighted by atomic mass is 35.5. The molecule has 116 valence electrons. The molecule has 1 amide bonds. The van der Waals surface area contributed by atoms with Crippen LogP contribution < -0.4 is 5.14 Å². The highest BCUT2D eigenvalue weighted by Crippen LogP contribution is 2.30. The van der Waals surface area contributed by atoms with E-state index in [1.807, 2.05) is 0 Å². The van der Waals surface area contributed by atoms with Crippen molar-refractivity contribution in [2.24, 2.45) is 5.14 Å². The van der Waals surface area contributed by atoms with Crippen molar-refractivity contribution in [2.75, 3.05) is 20.2 Å². The number of ether oxygens (including phenoxy) is 1. The zero-order valence-corrected chi connectivity index (χ0v) is 13.5.